The van der Waals surface area contributed by atoms with Gasteiger partial charge in [-0.1, -0.05) is 22.0 Å². The van der Waals surface area contributed by atoms with E-state index in [4.69, 9.17) is 4.74 Å². The lowest BCUT2D eigenvalue weighted by Gasteiger charge is -2.47. The van der Waals surface area contributed by atoms with Gasteiger partial charge in [0.05, 0.1) is 0 Å². The molecular formula is C15H21BrN2O. The Hall–Kier alpha value is -0.580. The molecule has 0 saturated carbocycles. The number of ether oxygens (including phenoxy) is 1. The van der Waals surface area contributed by atoms with Gasteiger partial charge in [0, 0.05) is 29.0 Å². The molecule has 1 spiro atoms. The van der Waals surface area contributed by atoms with Crippen LogP contribution in [0.4, 0.5) is 0 Å². The highest BCUT2D eigenvalue weighted by molar-refractivity contribution is 9.10. The SMILES string of the molecule is CNC1CC2(CCCN(C)C2)Oc2cc(Br)ccc21. The quantitative estimate of drug-likeness (QED) is 0.859. The van der Waals surface area contributed by atoms with Gasteiger partial charge in [0.2, 0.25) is 0 Å². The van der Waals surface area contributed by atoms with Gasteiger partial charge in [-0.2, -0.15) is 0 Å². The van der Waals surface area contributed by atoms with Crippen molar-refractivity contribution < 1.29 is 4.74 Å². The molecule has 1 fully saturated rings. The van der Waals surface area contributed by atoms with Crippen LogP contribution in [0.2, 0.25) is 0 Å². The van der Waals surface area contributed by atoms with Crippen LogP contribution in [0.15, 0.2) is 22.7 Å². The van der Waals surface area contributed by atoms with Crippen molar-refractivity contribution in [3.63, 3.8) is 0 Å². The molecule has 1 saturated heterocycles. The number of piperidine rings is 1. The summed E-state index contributed by atoms with van der Waals surface area (Å²) >= 11 is 3.55. The second kappa shape index (κ2) is 5.08. The van der Waals surface area contributed by atoms with Crippen molar-refractivity contribution in [2.24, 2.45) is 0 Å². The fourth-order valence-electron chi connectivity index (χ4n) is 3.47. The van der Waals surface area contributed by atoms with E-state index in [0.717, 1.165) is 29.6 Å². The fraction of sp³-hybridized carbons (Fsp3) is 0.600. The molecular weight excluding hydrogens is 304 g/mol. The van der Waals surface area contributed by atoms with Crippen LogP contribution < -0.4 is 10.1 Å². The number of hydrogen-bond donors (Lipinski definition) is 1. The lowest BCUT2D eigenvalue weighted by atomic mass is 9.82. The van der Waals surface area contributed by atoms with Crippen molar-refractivity contribution in [3.05, 3.63) is 28.2 Å². The lowest BCUT2D eigenvalue weighted by molar-refractivity contribution is -0.0264. The highest BCUT2D eigenvalue weighted by Crippen LogP contribution is 2.44. The molecule has 2 heterocycles. The number of rotatable bonds is 1. The Balaban J connectivity index is 1.96. The number of benzene rings is 1. The smallest absolute Gasteiger partial charge is 0.126 e. The van der Waals surface area contributed by atoms with E-state index in [1.807, 2.05) is 7.05 Å². The molecule has 2 aliphatic rings. The largest absolute Gasteiger partial charge is 0.485 e. The van der Waals surface area contributed by atoms with Crippen LogP contribution in [-0.2, 0) is 0 Å². The van der Waals surface area contributed by atoms with Gasteiger partial charge in [-0.05, 0) is 45.6 Å². The van der Waals surface area contributed by atoms with E-state index < -0.39 is 0 Å². The molecule has 2 unspecified atom stereocenters. The van der Waals surface area contributed by atoms with Crippen molar-refractivity contribution in [3.8, 4) is 5.75 Å². The second-order valence-corrected chi connectivity index (χ2v) is 6.77. The summed E-state index contributed by atoms with van der Waals surface area (Å²) in [7, 11) is 4.23. The number of hydrogen-bond acceptors (Lipinski definition) is 3. The van der Waals surface area contributed by atoms with Gasteiger partial charge in [0.15, 0.2) is 0 Å². The molecule has 1 N–H and O–H groups in total. The molecule has 3 rings (SSSR count). The van der Waals surface area contributed by atoms with Crippen molar-refractivity contribution in [1.82, 2.24) is 10.2 Å². The average Bonchev–Trinajstić information content (AvgIpc) is 2.37. The molecule has 2 atom stereocenters. The Kier molecular flexibility index (Phi) is 3.58. The van der Waals surface area contributed by atoms with Crippen molar-refractivity contribution >= 4 is 15.9 Å². The molecule has 0 aromatic heterocycles. The Morgan fingerprint density at radius 3 is 3.05 bits per heavy atom. The summed E-state index contributed by atoms with van der Waals surface area (Å²) in [6, 6.07) is 6.76. The van der Waals surface area contributed by atoms with Crippen LogP contribution in [0.3, 0.4) is 0 Å². The van der Waals surface area contributed by atoms with Crippen LogP contribution in [0.5, 0.6) is 5.75 Å². The molecule has 0 aliphatic carbocycles. The number of fused-ring (bicyclic) bond motifs is 1. The van der Waals surface area contributed by atoms with Crippen molar-refractivity contribution in [2.45, 2.75) is 30.9 Å². The minimum Gasteiger partial charge on any atom is -0.485 e. The first-order valence-corrected chi connectivity index (χ1v) is 7.75. The summed E-state index contributed by atoms with van der Waals surface area (Å²) in [4.78, 5) is 2.39. The predicted molar refractivity (Wildman–Crippen MR) is 80.6 cm³/mol. The molecule has 0 radical (unpaired) electrons. The predicted octanol–water partition coefficient (Wildman–Crippen LogP) is 2.96. The number of likely N-dealkylation sites (N-methyl/N-ethyl adjacent to an activating group) is 1. The van der Waals surface area contributed by atoms with Gasteiger partial charge in [0.1, 0.15) is 11.4 Å². The van der Waals surface area contributed by atoms with Gasteiger partial charge < -0.3 is 15.0 Å². The first kappa shape index (κ1) is 13.4. The summed E-state index contributed by atoms with van der Waals surface area (Å²) in [6.45, 7) is 2.21. The molecule has 4 heteroatoms. The Morgan fingerprint density at radius 2 is 2.32 bits per heavy atom. The van der Waals surface area contributed by atoms with Crippen LogP contribution in [0, 0.1) is 0 Å². The lowest BCUT2D eigenvalue weighted by Crippen LogP contribution is -2.54. The van der Waals surface area contributed by atoms with Crippen LogP contribution in [0.1, 0.15) is 30.9 Å². The van der Waals surface area contributed by atoms with Gasteiger partial charge in [-0.15, -0.1) is 0 Å². The summed E-state index contributed by atoms with van der Waals surface area (Å²) < 4.78 is 7.52. The van der Waals surface area contributed by atoms with Gasteiger partial charge in [-0.25, -0.2) is 0 Å². The first-order valence-electron chi connectivity index (χ1n) is 6.96. The van der Waals surface area contributed by atoms with Gasteiger partial charge in [0.25, 0.3) is 0 Å². The minimum absolute atomic E-state index is 0.0194. The summed E-state index contributed by atoms with van der Waals surface area (Å²) in [5.74, 6) is 1.04. The van der Waals surface area contributed by atoms with Crippen LogP contribution >= 0.6 is 15.9 Å². The molecule has 19 heavy (non-hydrogen) atoms. The molecule has 0 bridgehead atoms. The molecule has 2 aliphatic heterocycles. The van der Waals surface area contributed by atoms with Gasteiger partial charge >= 0.3 is 0 Å². The van der Waals surface area contributed by atoms with Crippen LogP contribution in [0.25, 0.3) is 0 Å². The van der Waals surface area contributed by atoms with E-state index in [1.165, 1.54) is 18.5 Å². The number of nitrogens with zero attached hydrogens (tertiary/aromatic N) is 1. The Bertz CT molecular complexity index is 479. The summed E-state index contributed by atoms with van der Waals surface area (Å²) in [5.41, 5.74) is 1.26. The van der Waals surface area contributed by atoms with Crippen molar-refractivity contribution in [2.75, 3.05) is 27.2 Å². The van der Waals surface area contributed by atoms with Crippen molar-refractivity contribution in [1.29, 1.82) is 0 Å². The van der Waals surface area contributed by atoms with E-state index in [0.29, 0.717) is 6.04 Å². The number of nitrogens with one attached hydrogen (secondary N) is 1. The maximum Gasteiger partial charge on any atom is 0.126 e. The third-order valence-electron chi connectivity index (χ3n) is 4.33. The third kappa shape index (κ3) is 2.54. The topological polar surface area (TPSA) is 24.5 Å². The molecule has 104 valence electrons. The van der Waals surface area contributed by atoms with E-state index in [1.54, 1.807) is 0 Å². The third-order valence-corrected chi connectivity index (χ3v) is 4.83. The zero-order valence-electron chi connectivity index (χ0n) is 11.6. The fourth-order valence-corrected chi connectivity index (χ4v) is 3.81. The summed E-state index contributed by atoms with van der Waals surface area (Å²) in [5, 5.41) is 3.45. The highest BCUT2D eigenvalue weighted by atomic mass is 79.9. The molecule has 0 amide bonds. The van der Waals surface area contributed by atoms with E-state index >= 15 is 0 Å². The normalized spacial score (nSPS) is 31.0. The second-order valence-electron chi connectivity index (χ2n) is 5.85. The van der Waals surface area contributed by atoms with E-state index in [9.17, 15) is 0 Å². The monoisotopic (exact) mass is 324 g/mol. The van der Waals surface area contributed by atoms with E-state index in [2.05, 4.69) is 51.4 Å². The zero-order chi connectivity index (χ0) is 13.5. The van der Waals surface area contributed by atoms with Crippen LogP contribution in [-0.4, -0.2) is 37.7 Å². The number of halogens is 1. The maximum atomic E-state index is 6.43. The standard InChI is InChI=1S/C15H21BrN2O/c1-17-13-9-15(6-3-7-18(2)10-15)19-14-8-11(16)4-5-12(13)14/h4-5,8,13,17H,3,6-7,9-10H2,1-2H3. The molecule has 1 aromatic rings. The molecule has 1 aromatic carbocycles. The molecule has 3 nitrogen and oxygen atoms in total. The maximum absolute atomic E-state index is 6.43. The Labute approximate surface area is 123 Å². The summed E-state index contributed by atoms with van der Waals surface area (Å²) in [6.07, 6.45) is 3.43. The number of likely N-dealkylation sites (tertiary alicyclic amines) is 1. The average molecular weight is 325 g/mol. The van der Waals surface area contributed by atoms with E-state index in [-0.39, 0.29) is 5.60 Å². The minimum atomic E-state index is -0.0194. The zero-order valence-corrected chi connectivity index (χ0v) is 13.2. The highest BCUT2D eigenvalue weighted by Gasteiger charge is 2.42. The van der Waals surface area contributed by atoms with Gasteiger partial charge in [-0.3, -0.25) is 0 Å². The Morgan fingerprint density at radius 1 is 1.47 bits per heavy atom. The first-order chi connectivity index (χ1) is 9.12.